The van der Waals surface area contributed by atoms with Crippen molar-refractivity contribution >= 4 is 25.8 Å². The number of hydrogen-bond donors (Lipinski definition) is 3. The minimum atomic E-state index is -2.62. The maximum Gasteiger partial charge on any atom is 0.336 e. The van der Waals surface area contributed by atoms with E-state index >= 15 is 0 Å². The van der Waals surface area contributed by atoms with Gasteiger partial charge in [0.2, 0.25) is 0 Å². The van der Waals surface area contributed by atoms with Gasteiger partial charge in [-0.15, -0.1) is 7.92 Å². The van der Waals surface area contributed by atoms with Crippen molar-refractivity contribution in [1.29, 1.82) is 0 Å². The van der Waals surface area contributed by atoms with Crippen molar-refractivity contribution in [1.82, 2.24) is 0 Å². The van der Waals surface area contributed by atoms with Gasteiger partial charge >= 0.3 is 17.9 Å². The third-order valence-corrected chi connectivity index (χ3v) is 12.4. The lowest BCUT2D eigenvalue weighted by molar-refractivity contribution is -0.172. The van der Waals surface area contributed by atoms with Crippen molar-refractivity contribution in [2.45, 2.75) is 226 Å². The number of rotatable bonds is 37. The van der Waals surface area contributed by atoms with Gasteiger partial charge in [-0.05, 0) is 44.2 Å². The second-order valence-electron chi connectivity index (χ2n) is 14.6. The van der Waals surface area contributed by atoms with E-state index in [1.165, 1.54) is 154 Å². The molecule has 8 heteroatoms. The Morgan fingerprint density at radius 3 is 1.06 bits per heavy atom. The number of carbonyl (C=O) groups excluding carboxylic acids is 1. The third kappa shape index (κ3) is 36.6. The van der Waals surface area contributed by atoms with Crippen LogP contribution in [0.2, 0.25) is 0 Å². The van der Waals surface area contributed by atoms with Gasteiger partial charge in [0.15, 0.2) is 5.60 Å². The molecule has 0 aromatic rings. The van der Waals surface area contributed by atoms with Gasteiger partial charge in [0.1, 0.15) is 0 Å². The number of unbranched alkanes of at least 4 members (excludes halogenated alkanes) is 24. The highest BCUT2D eigenvalue weighted by molar-refractivity contribution is 7.57. The van der Waals surface area contributed by atoms with E-state index in [1.54, 1.807) is 18.5 Å². The summed E-state index contributed by atoms with van der Waals surface area (Å²) in [5.41, 5.74) is -2.62. The van der Waals surface area contributed by atoms with E-state index in [0.717, 1.165) is 19.3 Å². The first kappa shape index (κ1) is 50.9. The Morgan fingerprint density at radius 2 is 0.760 bits per heavy atom. The predicted octanol–water partition coefficient (Wildman–Crippen LogP) is 12.7. The first-order valence-corrected chi connectivity index (χ1v) is 23.1. The van der Waals surface area contributed by atoms with Crippen LogP contribution in [-0.2, 0) is 19.1 Å². The molecule has 0 amide bonds. The topological polar surface area (TPSA) is 121 Å². The maximum absolute atomic E-state index is 11.6. The number of carbonyl (C=O) groups is 3. The fraction of sp³-hybridized carbons (Fsp3) is 0.929. The normalized spacial score (nSPS) is 12.4. The fourth-order valence-electron chi connectivity index (χ4n) is 6.21. The van der Waals surface area contributed by atoms with Crippen LogP contribution < -0.4 is 0 Å². The molecule has 50 heavy (non-hydrogen) atoms. The molecular weight excluding hydrogens is 647 g/mol. The number of aliphatic hydroxyl groups is 1. The molecule has 0 saturated carbocycles. The van der Waals surface area contributed by atoms with Gasteiger partial charge in [0, 0.05) is 0 Å². The van der Waals surface area contributed by atoms with Crippen molar-refractivity contribution < 1.29 is 34.4 Å². The molecule has 0 aliphatic rings. The zero-order valence-corrected chi connectivity index (χ0v) is 34.4. The average molecular weight is 731 g/mol. The molecule has 0 radical (unpaired) electrons. The monoisotopic (exact) mass is 731 g/mol. The molecule has 0 bridgehead atoms. The fourth-order valence-corrected chi connectivity index (χ4v) is 8.90. The quantitative estimate of drug-likeness (QED) is 0.0330. The van der Waals surface area contributed by atoms with Crippen molar-refractivity contribution in [3.05, 3.63) is 0 Å². The second-order valence-corrected chi connectivity index (χ2v) is 17.3. The van der Waals surface area contributed by atoms with Crippen molar-refractivity contribution in [3.8, 4) is 0 Å². The van der Waals surface area contributed by atoms with E-state index in [9.17, 15) is 19.5 Å². The van der Waals surface area contributed by atoms with E-state index < -0.39 is 36.4 Å². The number of carboxylic acid groups (broad SMARTS) is 2. The maximum atomic E-state index is 11.6. The summed E-state index contributed by atoms with van der Waals surface area (Å²) in [6, 6.07) is 0. The molecule has 0 rings (SSSR count). The highest BCUT2D eigenvalue weighted by Gasteiger charge is 2.41. The van der Waals surface area contributed by atoms with Gasteiger partial charge in [0.05, 0.1) is 19.4 Å². The molecule has 0 aliphatic heterocycles. The lowest BCUT2D eigenvalue weighted by atomic mass is 9.96. The van der Waals surface area contributed by atoms with E-state index in [1.807, 2.05) is 0 Å². The molecule has 0 aromatic heterocycles. The SMILES string of the molecule is CCCCCCCCCCCCOC(=O)CC(O)(CC(=O)O)C(=O)O.CCCCCCCCP(CCCCCCCC)CCCCCCCC. The van der Waals surface area contributed by atoms with E-state index in [-0.39, 0.29) is 6.61 Å². The summed E-state index contributed by atoms with van der Waals surface area (Å²) in [5.74, 6) is -4.14. The number of carboxylic acids is 2. The van der Waals surface area contributed by atoms with Crippen LogP contribution in [0.1, 0.15) is 220 Å². The van der Waals surface area contributed by atoms with Gasteiger partial charge in [-0.2, -0.15) is 0 Å². The molecule has 0 heterocycles. The number of aliphatic carboxylic acids is 2. The molecule has 0 aliphatic carbocycles. The molecule has 298 valence electrons. The lowest BCUT2D eigenvalue weighted by Crippen LogP contribution is -2.43. The summed E-state index contributed by atoms with van der Waals surface area (Å²) in [4.78, 5) is 33.1. The Balaban J connectivity index is 0. The number of esters is 1. The van der Waals surface area contributed by atoms with Gasteiger partial charge in [0.25, 0.3) is 0 Å². The zero-order chi connectivity index (χ0) is 37.6. The second kappa shape index (κ2) is 39.0. The lowest BCUT2D eigenvalue weighted by Gasteiger charge is -2.20. The van der Waals surface area contributed by atoms with E-state index in [4.69, 9.17) is 14.9 Å². The summed E-state index contributed by atoms with van der Waals surface area (Å²) < 4.78 is 4.89. The van der Waals surface area contributed by atoms with Gasteiger partial charge in [-0.25, -0.2) is 4.79 Å². The molecule has 1 unspecified atom stereocenters. The third-order valence-electron chi connectivity index (χ3n) is 9.52. The van der Waals surface area contributed by atoms with Crippen LogP contribution in [0.25, 0.3) is 0 Å². The van der Waals surface area contributed by atoms with Crippen molar-refractivity contribution in [3.63, 3.8) is 0 Å². The van der Waals surface area contributed by atoms with E-state index in [2.05, 4.69) is 27.7 Å². The first-order valence-electron chi connectivity index (χ1n) is 21.2. The van der Waals surface area contributed by atoms with Gasteiger partial charge < -0.3 is 20.1 Å². The van der Waals surface area contributed by atoms with Crippen LogP contribution in [0.15, 0.2) is 0 Å². The van der Waals surface area contributed by atoms with Crippen LogP contribution in [0.4, 0.5) is 0 Å². The van der Waals surface area contributed by atoms with Crippen LogP contribution in [0.5, 0.6) is 0 Å². The molecule has 1 atom stereocenters. The Hall–Kier alpha value is -1.20. The average Bonchev–Trinajstić information content (AvgIpc) is 3.07. The molecule has 0 saturated heterocycles. The van der Waals surface area contributed by atoms with Gasteiger partial charge in [-0.1, -0.05) is 182 Å². The molecule has 0 spiro atoms. The summed E-state index contributed by atoms with van der Waals surface area (Å²) in [6.45, 7) is 9.31. The summed E-state index contributed by atoms with van der Waals surface area (Å²) >= 11 is 0. The summed E-state index contributed by atoms with van der Waals surface area (Å²) in [6.07, 6.45) is 40.7. The van der Waals surface area contributed by atoms with Gasteiger partial charge in [-0.3, -0.25) is 9.59 Å². The van der Waals surface area contributed by atoms with Crippen LogP contribution in [-0.4, -0.2) is 63.9 Å². The Labute approximate surface area is 310 Å². The standard InChI is InChI=1S/C24H51P.C18H32O7/c1-4-7-10-13-16-19-22-25(23-20-17-14-11-8-5-2)24-21-18-15-12-9-6-3;1-2-3-4-5-6-7-8-9-10-11-12-25-16(21)14-18(24,17(22)23)13-15(19)20/h4-24H2,1-3H3;24H,2-14H2,1H3,(H,19,20)(H,22,23). The molecule has 3 N–H and O–H groups in total. The van der Waals surface area contributed by atoms with Crippen LogP contribution in [0, 0.1) is 0 Å². The Kier molecular flexibility index (Phi) is 39.7. The smallest absolute Gasteiger partial charge is 0.336 e. The minimum absolute atomic E-state index is 0.151. The molecular formula is C42H83O7P. The first-order chi connectivity index (χ1) is 24.2. The summed E-state index contributed by atoms with van der Waals surface area (Å²) in [5, 5.41) is 27.2. The Bertz CT molecular complexity index is 724. The molecule has 0 fully saturated rings. The van der Waals surface area contributed by atoms with Crippen LogP contribution in [0.3, 0.4) is 0 Å². The highest BCUT2D eigenvalue weighted by atomic mass is 31.1. The molecule has 0 aromatic carbocycles. The number of hydrogen-bond acceptors (Lipinski definition) is 5. The van der Waals surface area contributed by atoms with E-state index in [0.29, 0.717) is 14.3 Å². The number of ether oxygens (including phenoxy) is 1. The summed E-state index contributed by atoms with van der Waals surface area (Å²) in [7, 11) is 0.366. The molecule has 7 nitrogen and oxygen atoms in total. The van der Waals surface area contributed by atoms with Crippen molar-refractivity contribution in [2.75, 3.05) is 25.1 Å². The Morgan fingerprint density at radius 1 is 0.460 bits per heavy atom. The van der Waals surface area contributed by atoms with Crippen LogP contribution >= 0.6 is 7.92 Å². The minimum Gasteiger partial charge on any atom is -0.481 e. The predicted molar refractivity (Wildman–Crippen MR) is 214 cm³/mol. The van der Waals surface area contributed by atoms with Crippen molar-refractivity contribution in [2.24, 2.45) is 0 Å². The highest BCUT2D eigenvalue weighted by Crippen LogP contribution is 2.39. The zero-order valence-electron chi connectivity index (χ0n) is 33.5. The largest absolute Gasteiger partial charge is 0.481 e.